The lowest BCUT2D eigenvalue weighted by molar-refractivity contribution is 0.423. The zero-order valence-corrected chi connectivity index (χ0v) is 15.7. The molecule has 0 N–H and O–H groups in total. The van der Waals surface area contributed by atoms with Crippen molar-refractivity contribution in [1.29, 1.82) is 0 Å². The minimum Gasteiger partial charge on any atom is -0.273 e. The molecule has 4 rings (SSSR count). The number of allylic oxidation sites excluding steroid dienone is 3. The van der Waals surface area contributed by atoms with Crippen molar-refractivity contribution in [2.24, 2.45) is 5.92 Å². The molecule has 4 heteroatoms. The van der Waals surface area contributed by atoms with Crippen molar-refractivity contribution in [1.82, 2.24) is 4.31 Å². The summed E-state index contributed by atoms with van der Waals surface area (Å²) in [4.78, 5) is 0.366. The molecule has 1 heterocycles. The molecule has 0 spiro atoms. The molecule has 1 aliphatic carbocycles. The molecule has 2 aliphatic rings. The molecule has 0 fully saturated rings. The third-order valence-corrected chi connectivity index (χ3v) is 7.08. The van der Waals surface area contributed by atoms with E-state index in [1.807, 2.05) is 43.5 Å². The van der Waals surface area contributed by atoms with Gasteiger partial charge < -0.3 is 0 Å². The number of benzene rings is 2. The monoisotopic (exact) mass is 365 g/mol. The van der Waals surface area contributed by atoms with E-state index in [0.29, 0.717) is 17.4 Å². The van der Waals surface area contributed by atoms with Crippen LogP contribution < -0.4 is 0 Å². The maximum Gasteiger partial charge on any atom is 0.263 e. The molecule has 0 amide bonds. The second-order valence-electron chi connectivity index (χ2n) is 7.13. The molecule has 0 radical (unpaired) electrons. The second-order valence-corrected chi connectivity index (χ2v) is 9.02. The first-order valence-electron chi connectivity index (χ1n) is 9.07. The summed E-state index contributed by atoms with van der Waals surface area (Å²) in [5, 5.41) is 0. The van der Waals surface area contributed by atoms with Crippen LogP contribution in [0.5, 0.6) is 0 Å². The van der Waals surface area contributed by atoms with Crippen LogP contribution in [-0.4, -0.2) is 19.3 Å². The van der Waals surface area contributed by atoms with Crippen LogP contribution in [0, 0.1) is 12.8 Å². The topological polar surface area (TPSA) is 37.4 Å². The number of hydrogen-bond acceptors (Lipinski definition) is 2. The summed E-state index contributed by atoms with van der Waals surface area (Å²) in [6, 6.07) is 17.5. The number of rotatable bonds is 4. The van der Waals surface area contributed by atoms with Crippen molar-refractivity contribution < 1.29 is 8.42 Å². The first-order chi connectivity index (χ1) is 12.5. The summed E-state index contributed by atoms with van der Waals surface area (Å²) in [6.45, 7) is 2.51. The molecule has 134 valence electrons. The van der Waals surface area contributed by atoms with Gasteiger partial charge in [0.1, 0.15) is 0 Å². The Morgan fingerprint density at radius 2 is 1.77 bits per heavy atom. The molecule has 0 aromatic heterocycles. The fraction of sp³-hybridized carbons (Fsp3) is 0.273. The molecule has 1 atom stereocenters. The Hall–Kier alpha value is -2.33. The van der Waals surface area contributed by atoms with E-state index in [4.69, 9.17) is 0 Å². The molecule has 0 saturated carbocycles. The minimum absolute atomic E-state index is 0.366. The van der Waals surface area contributed by atoms with E-state index in [9.17, 15) is 8.42 Å². The Morgan fingerprint density at radius 1 is 1.04 bits per heavy atom. The average molecular weight is 365 g/mol. The lowest BCUT2D eigenvalue weighted by Gasteiger charge is -2.30. The van der Waals surface area contributed by atoms with Crippen molar-refractivity contribution >= 4 is 10.0 Å². The molecule has 3 nitrogen and oxygen atoms in total. The number of fused-ring (bicyclic) bond motifs is 1. The van der Waals surface area contributed by atoms with E-state index in [1.54, 1.807) is 12.1 Å². The van der Waals surface area contributed by atoms with Gasteiger partial charge in [0.05, 0.1) is 4.90 Å². The standard InChI is InChI=1S/C22H23NO2S/c1-17-7-11-21(12-8-17)26(24,25)23-14-13-19-9-10-20(22(19)16-23)15-18-5-3-2-4-6-18/h2-8,10-12,16,19H,9,13-15H2,1H3. The van der Waals surface area contributed by atoms with Gasteiger partial charge in [-0.15, -0.1) is 0 Å². The van der Waals surface area contributed by atoms with Gasteiger partial charge in [-0.2, -0.15) is 0 Å². The van der Waals surface area contributed by atoms with Crippen LogP contribution in [0.25, 0.3) is 0 Å². The number of nitrogens with zero attached hydrogens (tertiary/aromatic N) is 1. The van der Waals surface area contributed by atoms with Crippen LogP contribution in [0.2, 0.25) is 0 Å². The quantitative estimate of drug-likeness (QED) is 0.802. The smallest absolute Gasteiger partial charge is 0.263 e. The Balaban J connectivity index is 1.62. The highest BCUT2D eigenvalue weighted by Gasteiger charge is 2.32. The van der Waals surface area contributed by atoms with E-state index < -0.39 is 10.0 Å². The Bertz CT molecular complexity index is 957. The van der Waals surface area contributed by atoms with E-state index >= 15 is 0 Å². The Kier molecular flexibility index (Phi) is 4.45. The predicted octanol–water partition coefficient (Wildman–Crippen LogP) is 4.46. The van der Waals surface area contributed by atoms with Crippen molar-refractivity contribution in [2.75, 3.05) is 6.54 Å². The van der Waals surface area contributed by atoms with Gasteiger partial charge in [0, 0.05) is 12.7 Å². The first kappa shape index (κ1) is 17.1. The lowest BCUT2D eigenvalue weighted by atomic mass is 9.91. The number of hydrogen-bond donors (Lipinski definition) is 0. The highest BCUT2D eigenvalue weighted by Crippen LogP contribution is 2.39. The molecule has 0 saturated heterocycles. The highest BCUT2D eigenvalue weighted by molar-refractivity contribution is 7.89. The first-order valence-corrected chi connectivity index (χ1v) is 10.5. The molecule has 2 aromatic rings. The Morgan fingerprint density at radius 3 is 2.50 bits per heavy atom. The van der Waals surface area contributed by atoms with Gasteiger partial charge in [0.2, 0.25) is 0 Å². The fourth-order valence-corrected chi connectivity index (χ4v) is 5.13. The Labute approximate surface area is 155 Å². The summed E-state index contributed by atoms with van der Waals surface area (Å²) in [5.41, 5.74) is 4.78. The van der Waals surface area contributed by atoms with Gasteiger partial charge in [-0.1, -0.05) is 54.1 Å². The van der Waals surface area contributed by atoms with Crippen LogP contribution >= 0.6 is 0 Å². The van der Waals surface area contributed by atoms with Gasteiger partial charge in [0.25, 0.3) is 10.0 Å². The second kappa shape index (κ2) is 6.76. The van der Waals surface area contributed by atoms with Gasteiger partial charge in [-0.3, -0.25) is 4.31 Å². The minimum atomic E-state index is -3.48. The van der Waals surface area contributed by atoms with Crippen LogP contribution in [0.3, 0.4) is 0 Å². The van der Waals surface area contributed by atoms with E-state index in [-0.39, 0.29) is 0 Å². The fourth-order valence-electron chi connectivity index (χ4n) is 3.78. The largest absolute Gasteiger partial charge is 0.273 e. The van der Waals surface area contributed by atoms with Crippen molar-refractivity contribution in [2.45, 2.75) is 31.1 Å². The molecular weight excluding hydrogens is 342 g/mol. The van der Waals surface area contributed by atoms with Crippen LogP contribution in [0.15, 0.2) is 82.9 Å². The zero-order valence-electron chi connectivity index (χ0n) is 14.9. The third kappa shape index (κ3) is 3.21. The molecule has 1 unspecified atom stereocenters. The average Bonchev–Trinajstić information content (AvgIpc) is 3.05. The molecule has 26 heavy (non-hydrogen) atoms. The SMILES string of the molecule is Cc1ccc(S(=O)(=O)N2C=C3C(Cc4ccccc4)=CCC3CC2)cc1. The van der Waals surface area contributed by atoms with Crippen LogP contribution in [-0.2, 0) is 16.4 Å². The normalized spacial score (nSPS) is 19.7. The van der Waals surface area contributed by atoms with E-state index in [0.717, 1.165) is 24.8 Å². The molecule has 1 aliphatic heterocycles. The van der Waals surface area contributed by atoms with Crippen molar-refractivity contribution in [3.63, 3.8) is 0 Å². The number of aryl methyl sites for hydroxylation is 1. The maximum absolute atomic E-state index is 13.0. The van der Waals surface area contributed by atoms with Crippen molar-refractivity contribution in [3.8, 4) is 0 Å². The highest BCUT2D eigenvalue weighted by atomic mass is 32.2. The van der Waals surface area contributed by atoms with Crippen LogP contribution in [0.4, 0.5) is 0 Å². The molecule has 0 bridgehead atoms. The van der Waals surface area contributed by atoms with Gasteiger partial charge in [0.15, 0.2) is 0 Å². The third-order valence-electron chi connectivity index (χ3n) is 5.31. The van der Waals surface area contributed by atoms with Gasteiger partial charge in [-0.05, 0) is 60.9 Å². The molecular formula is C22H23NO2S. The summed E-state index contributed by atoms with van der Waals surface area (Å²) in [7, 11) is -3.48. The van der Waals surface area contributed by atoms with E-state index in [2.05, 4.69) is 18.2 Å². The zero-order chi connectivity index (χ0) is 18.1. The van der Waals surface area contributed by atoms with Crippen molar-refractivity contribution in [3.05, 3.63) is 89.1 Å². The maximum atomic E-state index is 13.0. The van der Waals surface area contributed by atoms with E-state index in [1.165, 1.54) is 21.0 Å². The summed E-state index contributed by atoms with van der Waals surface area (Å²) >= 11 is 0. The predicted molar refractivity (Wildman–Crippen MR) is 104 cm³/mol. The van der Waals surface area contributed by atoms with Gasteiger partial charge >= 0.3 is 0 Å². The summed E-state index contributed by atoms with van der Waals surface area (Å²) in [5.74, 6) is 0.457. The van der Waals surface area contributed by atoms with Gasteiger partial charge in [-0.25, -0.2) is 8.42 Å². The van der Waals surface area contributed by atoms with Crippen LogP contribution in [0.1, 0.15) is 24.0 Å². The lowest BCUT2D eigenvalue weighted by Crippen LogP contribution is -2.32. The molecule has 2 aromatic carbocycles. The summed E-state index contributed by atoms with van der Waals surface area (Å²) < 4.78 is 27.6. The number of sulfonamides is 1. The summed E-state index contributed by atoms with van der Waals surface area (Å²) in [6.07, 6.45) is 6.93.